The van der Waals surface area contributed by atoms with Gasteiger partial charge in [0, 0.05) is 6.04 Å². The Bertz CT molecular complexity index is 129. The van der Waals surface area contributed by atoms with Crippen molar-refractivity contribution in [1.82, 2.24) is 5.32 Å². The van der Waals surface area contributed by atoms with Crippen LogP contribution in [0, 0.1) is 0 Å². The van der Waals surface area contributed by atoms with Crippen molar-refractivity contribution in [2.45, 2.75) is 65.7 Å². The van der Waals surface area contributed by atoms with E-state index in [0.717, 1.165) is 6.54 Å². The molecule has 0 heterocycles. The van der Waals surface area contributed by atoms with Gasteiger partial charge in [0.15, 0.2) is 0 Å². The Hall–Kier alpha value is -0.0800. The van der Waals surface area contributed by atoms with E-state index in [1.165, 1.54) is 6.42 Å². The molecule has 0 aliphatic rings. The Labute approximate surface area is 83.1 Å². The van der Waals surface area contributed by atoms with Crippen molar-refractivity contribution >= 4 is 0 Å². The summed E-state index contributed by atoms with van der Waals surface area (Å²) in [4.78, 5) is 0. The first-order chi connectivity index (χ1) is 5.87. The molecule has 0 bridgehead atoms. The molecule has 2 heteroatoms. The lowest BCUT2D eigenvalue weighted by atomic mass is 10.1. The van der Waals surface area contributed by atoms with Crippen LogP contribution in [-0.2, 0) is 4.74 Å². The van der Waals surface area contributed by atoms with Crippen LogP contribution in [0.4, 0.5) is 0 Å². The van der Waals surface area contributed by atoms with Crippen LogP contribution in [-0.4, -0.2) is 24.3 Å². The van der Waals surface area contributed by atoms with E-state index in [-0.39, 0.29) is 11.7 Å². The normalized spacial score (nSPS) is 17.1. The van der Waals surface area contributed by atoms with Crippen molar-refractivity contribution in [2.24, 2.45) is 0 Å². The number of hydrogen-bond donors (Lipinski definition) is 1. The molecule has 0 rings (SSSR count). The molecule has 0 radical (unpaired) electrons. The van der Waals surface area contributed by atoms with E-state index in [0.29, 0.717) is 6.04 Å². The van der Waals surface area contributed by atoms with Crippen molar-refractivity contribution in [3.8, 4) is 0 Å². The first-order valence-corrected chi connectivity index (χ1v) is 5.28. The van der Waals surface area contributed by atoms with Crippen LogP contribution in [0.15, 0.2) is 0 Å². The quantitative estimate of drug-likeness (QED) is 0.714. The predicted octanol–water partition coefficient (Wildman–Crippen LogP) is 2.58. The van der Waals surface area contributed by atoms with Gasteiger partial charge in [-0.05, 0) is 47.6 Å². The summed E-state index contributed by atoms with van der Waals surface area (Å²) in [6.07, 6.45) is 1.44. The lowest BCUT2D eigenvalue weighted by Crippen LogP contribution is -2.41. The fraction of sp³-hybridized carbons (Fsp3) is 1.00. The maximum absolute atomic E-state index is 5.83. The minimum atomic E-state index is -0.0401. The third-order valence-electron chi connectivity index (χ3n) is 1.96. The van der Waals surface area contributed by atoms with Crippen molar-refractivity contribution in [1.29, 1.82) is 0 Å². The van der Waals surface area contributed by atoms with Crippen molar-refractivity contribution in [3.05, 3.63) is 0 Å². The second kappa shape index (κ2) is 5.61. The molecule has 0 aromatic heterocycles. The van der Waals surface area contributed by atoms with Crippen LogP contribution in [0.25, 0.3) is 0 Å². The van der Waals surface area contributed by atoms with Crippen molar-refractivity contribution in [3.63, 3.8) is 0 Å². The number of ether oxygens (including phenoxy) is 1. The molecular formula is C11H25NO. The van der Waals surface area contributed by atoms with Gasteiger partial charge in [0.05, 0.1) is 11.7 Å². The van der Waals surface area contributed by atoms with Crippen LogP contribution in [0.5, 0.6) is 0 Å². The Balaban J connectivity index is 3.75. The number of nitrogens with one attached hydrogen (secondary N) is 1. The van der Waals surface area contributed by atoms with Gasteiger partial charge >= 0.3 is 0 Å². The van der Waals surface area contributed by atoms with E-state index in [4.69, 9.17) is 4.74 Å². The fourth-order valence-corrected chi connectivity index (χ4v) is 1.20. The smallest absolute Gasteiger partial charge is 0.0704 e. The summed E-state index contributed by atoms with van der Waals surface area (Å²) < 4.78 is 5.83. The molecule has 13 heavy (non-hydrogen) atoms. The van der Waals surface area contributed by atoms with Gasteiger partial charge in [-0.3, -0.25) is 0 Å². The second-order valence-electron chi connectivity index (χ2n) is 4.68. The average molecular weight is 187 g/mol. The summed E-state index contributed by atoms with van der Waals surface area (Å²) in [5.74, 6) is 0. The van der Waals surface area contributed by atoms with Crippen molar-refractivity contribution < 1.29 is 4.74 Å². The monoisotopic (exact) mass is 187 g/mol. The highest BCUT2D eigenvalue weighted by Gasteiger charge is 2.19. The molecule has 1 N–H and O–H groups in total. The summed E-state index contributed by atoms with van der Waals surface area (Å²) in [5.41, 5.74) is -0.0401. The fourth-order valence-electron chi connectivity index (χ4n) is 1.20. The first kappa shape index (κ1) is 12.9. The lowest BCUT2D eigenvalue weighted by Gasteiger charge is -2.29. The van der Waals surface area contributed by atoms with E-state index in [1.807, 2.05) is 0 Å². The molecule has 0 aromatic carbocycles. The van der Waals surface area contributed by atoms with Crippen LogP contribution >= 0.6 is 0 Å². The van der Waals surface area contributed by atoms with Gasteiger partial charge in [0.2, 0.25) is 0 Å². The number of rotatable bonds is 5. The highest BCUT2D eigenvalue weighted by atomic mass is 16.5. The van der Waals surface area contributed by atoms with E-state index < -0.39 is 0 Å². The summed E-state index contributed by atoms with van der Waals surface area (Å²) in [5, 5.41) is 3.43. The van der Waals surface area contributed by atoms with Crippen LogP contribution in [0.1, 0.15) is 48.0 Å². The zero-order valence-electron chi connectivity index (χ0n) is 9.98. The zero-order valence-corrected chi connectivity index (χ0v) is 9.98. The van der Waals surface area contributed by atoms with Gasteiger partial charge in [0.25, 0.3) is 0 Å². The van der Waals surface area contributed by atoms with Crippen LogP contribution < -0.4 is 5.32 Å². The molecular weight excluding hydrogens is 162 g/mol. The third kappa shape index (κ3) is 7.03. The highest BCUT2D eigenvalue weighted by Crippen LogP contribution is 2.12. The molecule has 0 saturated heterocycles. The van der Waals surface area contributed by atoms with Gasteiger partial charge in [-0.15, -0.1) is 0 Å². The van der Waals surface area contributed by atoms with E-state index in [2.05, 4.69) is 46.9 Å². The molecule has 2 atom stereocenters. The minimum absolute atomic E-state index is 0.0401. The maximum Gasteiger partial charge on any atom is 0.0704 e. The molecule has 0 aliphatic carbocycles. The molecule has 0 fully saturated rings. The van der Waals surface area contributed by atoms with E-state index in [9.17, 15) is 0 Å². The largest absolute Gasteiger partial charge is 0.371 e. The zero-order chi connectivity index (χ0) is 10.5. The lowest BCUT2D eigenvalue weighted by molar-refractivity contribution is -0.0636. The Morgan fingerprint density at radius 2 is 1.77 bits per heavy atom. The summed E-state index contributed by atoms with van der Waals surface area (Å²) in [6, 6.07) is 0.430. The van der Waals surface area contributed by atoms with Gasteiger partial charge in [0.1, 0.15) is 0 Å². The molecule has 0 aliphatic heterocycles. The van der Waals surface area contributed by atoms with E-state index >= 15 is 0 Å². The van der Waals surface area contributed by atoms with Gasteiger partial charge in [-0.2, -0.15) is 0 Å². The summed E-state index contributed by atoms with van der Waals surface area (Å²) in [7, 11) is 0. The summed E-state index contributed by atoms with van der Waals surface area (Å²) >= 11 is 0. The molecule has 0 saturated carbocycles. The van der Waals surface area contributed by atoms with Crippen LogP contribution in [0.3, 0.4) is 0 Å². The second-order valence-corrected chi connectivity index (χ2v) is 4.68. The average Bonchev–Trinajstić information content (AvgIpc) is 1.96. The maximum atomic E-state index is 5.83. The van der Waals surface area contributed by atoms with Gasteiger partial charge < -0.3 is 10.1 Å². The SMILES string of the molecule is CCCNC(C)C(C)OC(C)(C)C. The van der Waals surface area contributed by atoms with E-state index in [1.54, 1.807) is 0 Å². The van der Waals surface area contributed by atoms with Gasteiger partial charge in [-0.1, -0.05) is 6.92 Å². The minimum Gasteiger partial charge on any atom is -0.371 e. The molecule has 80 valence electrons. The topological polar surface area (TPSA) is 21.3 Å². The molecule has 2 unspecified atom stereocenters. The highest BCUT2D eigenvalue weighted by molar-refractivity contribution is 4.72. The summed E-state index contributed by atoms with van der Waals surface area (Å²) in [6.45, 7) is 13.8. The Morgan fingerprint density at radius 1 is 1.23 bits per heavy atom. The molecule has 0 aromatic rings. The molecule has 0 amide bonds. The number of hydrogen-bond acceptors (Lipinski definition) is 2. The van der Waals surface area contributed by atoms with Crippen LogP contribution in [0.2, 0.25) is 0 Å². The standard InChI is InChI=1S/C11H25NO/c1-7-8-12-9(2)10(3)13-11(4,5)6/h9-10,12H,7-8H2,1-6H3. The van der Waals surface area contributed by atoms with Crippen molar-refractivity contribution in [2.75, 3.05) is 6.54 Å². The Morgan fingerprint density at radius 3 is 2.15 bits per heavy atom. The molecule has 2 nitrogen and oxygen atoms in total. The molecule has 0 spiro atoms. The first-order valence-electron chi connectivity index (χ1n) is 5.28. The predicted molar refractivity (Wildman–Crippen MR) is 58.1 cm³/mol. The Kier molecular flexibility index (Phi) is 5.57. The third-order valence-corrected chi connectivity index (χ3v) is 1.96. The van der Waals surface area contributed by atoms with Gasteiger partial charge in [-0.25, -0.2) is 0 Å².